The van der Waals surface area contributed by atoms with Crippen LogP contribution in [0.3, 0.4) is 0 Å². The fourth-order valence-electron chi connectivity index (χ4n) is 3.76. The zero-order valence-electron chi connectivity index (χ0n) is 19.1. The number of aromatic nitrogens is 3. The van der Waals surface area contributed by atoms with Crippen LogP contribution in [0.15, 0.2) is 70.5 Å². The van der Waals surface area contributed by atoms with E-state index < -0.39 is 21.2 Å². The molecule has 0 amide bonds. The number of nitrogens with zero attached hydrogens (tertiary/aromatic N) is 3. The zero-order valence-corrected chi connectivity index (χ0v) is 19.9. The lowest BCUT2D eigenvalue weighted by Gasteiger charge is -2.23. The van der Waals surface area contributed by atoms with Gasteiger partial charge in [0.1, 0.15) is 27.4 Å². The topological polar surface area (TPSA) is 122 Å². The molecule has 1 heterocycles. The van der Waals surface area contributed by atoms with Gasteiger partial charge >= 0.3 is 5.97 Å². The number of carboxylic acid groups (broad SMARTS) is 1. The van der Waals surface area contributed by atoms with Gasteiger partial charge in [-0.1, -0.05) is 51.1 Å². The van der Waals surface area contributed by atoms with Gasteiger partial charge < -0.3 is 10.2 Å². The molecule has 8 nitrogen and oxygen atoms in total. The second-order valence-electron chi connectivity index (χ2n) is 9.08. The summed E-state index contributed by atoms with van der Waals surface area (Å²) >= 11 is 0. The molecule has 1 aromatic heterocycles. The molecule has 0 fully saturated rings. The fraction of sp³-hybridized carbons (Fsp3) is 0.240. The molecule has 0 aliphatic heterocycles. The molecule has 176 valence electrons. The molecular weight excluding hydrogens is 454 g/mol. The van der Waals surface area contributed by atoms with Gasteiger partial charge in [-0.3, -0.25) is 4.79 Å². The Morgan fingerprint density at radius 3 is 2.35 bits per heavy atom. The maximum Gasteiger partial charge on any atom is 0.303 e. The van der Waals surface area contributed by atoms with Crippen molar-refractivity contribution in [3.05, 3.63) is 71.8 Å². The number of phenols is 1. The van der Waals surface area contributed by atoms with Gasteiger partial charge in [0.2, 0.25) is 9.84 Å². The van der Waals surface area contributed by atoms with Crippen LogP contribution in [-0.4, -0.2) is 39.6 Å². The lowest BCUT2D eigenvalue weighted by atomic mass is 9.84. The van der Waals surface area contributed by atoms with Gasteiger partial charge in [-0.25, -0.2) is 8.42 Å². The molecule has 0 radical (unpaired) electrons. The van der Waals surface area contributed by atoms with Gasteiger partial charge in [0.05, 0.1) is 4.90 Å². The number of aryl methyl sites for hydroxylation is 1. The predicted octanol–water partition coefficient (Wildman–Crippen LogP) is 4.27. The summed E-state index contributed by atoms with van der Waals surface area (Å²) in [5, 5.41) is 29.1. The average Bonchev–Trinajstić information content (AvgIpc) is 3.22. The van der Waals surface area contributed by atoms with Crippen molar-refractivity contribution in [3.63, 3.8) is 0 Å². The molecule has 0 aliphatic carbocycles. The molecule has 3 aromatic carbocycles. The van der Waals surface area contributed by atoms with E-state index in [0.717, 1.165) is 0 Å². The summed E-state index contributed by atoms with van der Waals surface area (Å²) in [6.45, 7) is 5.80. The van der Waals surface area contributed by atoms with E-state index >= 15 is 0 Å². The standard InChI is InChI=1S/C25H25N3O5S/c1-25(2,3)18-14-16(12-13-22(29)30)15-20(24(18)31)28-26-19-10-7-11-21(23(19)27-28)34(32,33)17-8-5-4-6-9-17/h4-11,14-15,31H,12-13H2,1-3H3,(H,29,30). The molecule has 34 heavy (non-hydrogen) atoms. The zero-order chi connectivity index (χ0) is 24.7. The van der Waals surface area contributed by atoms with Crippen LogP contribution in [0.4, 0.5) is 0 Å². The molecule has 4 aromatic rings. The molecule has 0 atom stereocenters. The van der Waals surface area contributed by atoms with Crippen LogP contribution in [0.25, 0.3) is 16.7 Å². The van der Waals surface area contributed by atoms with Crippen LogP contribution in [0.1, 0.15) is 38.3 Å². The van der Waals surface area contributed by atoms with Crippen LogP contribution in [0.5, 0.6) is 5.75 Å². The Morgan fingerprint density at radius 1 is 1.00 bits per heavy atom. The number of rotatable bonds is 6. The second-order valence-corrected chi connectivity index (χ2v) is 11.0. The van der Waals surface area contributed by atoms with E-state index in [1.807, 2.05) is 20.8 Å². The third-order valence-corrected chi connectivity index (χ3v) is 7.32. The highest BCUT2D eigenvalue weighted by Crippen LogP contribution is 2.37. The van der Waals surface area contributed by atoms with E-state index in [1.54, 1.807) is 42.5 Å². The largest absolute Gasteiger partial charge is 0.505 e. The maximum absolute atomic E-state index is 13.3. The number of hydrogen-bond acceptors (Lipinski definition) is 6. The van der Waals surface area contributed by atoms with Gasteiger partial charge in [-0.2, -0.15) is 0 Å². The summed E-state index contributed by atoms with van der Waals surface area (Å²) in [6.07, 6.45) is 0.196. The summed E-state index contributed by atoms with van der Waals surface area (Å²) in [5.41, 5.74) is 1.67. The molecule has 0 spiro atoms. The number of carbonyl (C=O) groups is 1. The van der Waals surface area contributed by atoms with E-state index in [0.29, 0.717) is 16.6 Å². The van der Waals surface area contributed by atoms with Crippen LogP contribution >= 0.6 is 0 Å². The lowest BCUT2D eigenvalue weighted by Crippen LogP contribution is -2.14. The van der Waals surface area contributed by atoms with Crippen molar-refractivity contribution in [2.45, 2.75) is 48.8 Å². The number of phenolic OH excluding ortho intramolecular Hbond substituents is 1. The SMILES string of the molecule is CC(C)(C)c1cc(CCC(=O)O)cc(-n2nc3cccc(S(=O)(=O)c4ccccc4)c3n2)c1O. The maximum atomic E-state index is 13.3. The lowest BCUT2D eigenvalue weighted by molar-refractivity contribution is -0.136. The highest BCUT2D eigenvalue weighted by Gasteiger charge is 2.26. The van der Waals surface area contributed by atoms with Crippen molar-refractivity contribution in [2.24, 2.45) is 0 Å². The molecular formula is C25H25N3O5S. The van der Waals surface area contributed by atoms with Crippen molar-refractivity contribution >= 4 is 26.8 Å². The number of fused-ring (bicyclic) bond motifs is 1. The quantitative estimate of drug-likeness (QED) is 0.423. The predicted molar refractivity (Wildman–Crippen MR) is 127 cm³/mol. The number of hydrogen-bond donors (Lipinski definition) is 2. The molecule has 0 saturated carbocycles. The van der Waals surface area contributed by atoms with E-state index in [9.17, 15) is 18.3 Å². The first kappa shape index (κ1) is 23.4. The molecule has 0 aliphatic rings. The van der Waals surface area contributed by atoms with Gasteiger partial charge in [0.15, 0.2) is 0 Å². The Morgan fingerprint density at radius 2 is 1.71 bits per heavy atom. The number of benzene rings is 3. The van der Waals surface area contributed by atoms with E-state index in [-0.39, 0.29) is 39.6 Å². The molecule has 9 heteroatoms. The van der Waals surface area contributed by atoms with Crippen molar-refractivity contribution in [1.29, 1.82) is 0 Å². The molecule has 2 N–H and O–H groups in total. The minimum atomic E-state index is -3.85. The van der Waals surface area contributed by atoms with Gasteiger partial charge in [0, 0.05) is 12.0 Å². The molecule has 0 unspecified atom stereocenters. The highest BCUT2D eigenvalue weighted by molar-refractivity contribution is 7.91. The van der Waals surface area contributed by atoms with Crippen LogP contribution < -0.4 is 0 Å². The molecule has 0 bridgehead atoms. The van der Waals surface area contributed by atoms with Crippen molar-refractivity contribution in [3.8, 4) is 11.4 Å². The first-order valence-corrected chi connectivity index (χ1v) is 12.2. The smallest absolute Gasteiger partial charge is 0.303 e. The Hall–Kier alpha value is -3.72. The summed E-state index contributed by atoms with van der Waals surface area (Å²) in [7, 11) is -3.85. The Balaban J connectivity index is 1.90. The Kier molecular flexibility index (Phi) is 5.91. The first-order valence-electron chi connectivity index (χ1n) is 10.7. The van der Waals surface area contributed by atoms with Crippen molar-refractivity contribution in [2.75, 3.05) is 0 Å². The normalized spacial score (nSPS) is 12.2. The Labute approximate surface area is 197 Å². The van der Waals surface area contributed by atoms with E-state index in [2.05, 4.69) is 10.2 Å². The minimum absolute atomic E-state index is 0.0139. The van der Waals surface area contributed by atoms with Crippen molar-refractivity contribution < 1.29 is 23.4 Å². The third-order valence-electron chi connectivity index (χ3n) is 5.52. The van der Waals surface area contributed by atoms with Gasteiger partial charge in [-0.05, 0) is 47.7 Å². The fourth-order valence-corrected chi connectivity index (χ4v) is 5.19. The van der Waals surface area contributed by atoms with E-state index in [4.69, 9.17) is 5.11 Å². The summed E-state index contributed by atoms with van der Waals surface area (Å²) in [4.78, 5) is 12.5. The van der Waals surface area contributed by atoms with Crippen molar-refractivity contribution in [1.82, 2.24) is 15.0 Å². The number of aliphatic carboxylic acids is 1. The summed E-state index contributed by atoms with van der Waals surface area (Å²) in [5.74, 6) is -0.968. The van der Waals surface area contributed by atoms with Crippen LogP contribution in [0, 0.1) is 0 Å². The number of carboxylic acids is 1. The third kappa shape index (κ3) is 4.38. The minimum Gasteiger partial charge on any atom is -0.505 e. The van der Waals surface area contributed by atoms with Gasteiger partial charge in [-0.15, -0.1) is 15.0 Å². The highest BCUT2D eigenvalue weighted by atomic mass is 32.2. The average molecular weight is 480 g/mol. The number of sulfone groups is 1. The second kappa shape index (κ2) is 8.57. The first-order chi connectivity index (χ1) is 16.0. The van der Waals surface area contributed by atoms with Gasteiger partial charge in [0.25, 0.3) is 0 Å². The Bertz CT molecular complexity index is 1490. The summed E-state index contributed by atoms with van der Waals surface area (Å²) in [6, 6.07) is 16.2. The van der Waals surface area contributed by atoms with Crippen LogP contribution in [-0.2, 0) is 26.5 Å². The number of aromatic hydroxyl groups is 1. The molecule has 0 saturated heterocycles. The monoisotopic (exact) mass is 479 g/mol. The molecule has 4 rings (SSSR count). The van der Waals surface area contributed by atoms with E-state index in [1.165, 1.54) is 23.0 Å². The van der Waals surface area contributed by atoms with Crippen LogP contribution in [0.2, 0.25) is 0 Å². The summed E-state index contributed by atoms with van der Waals surface area (Å²) < 4.78 is 26.5.